The van der Waals surface area contributed by atoms with Gasteiger partial charge in [0, 0.05) is 4.47 Å². The summed E-state index contributed by atoms with van der Waals surface area (Å²) in [7, 11) is -1.81. The molecule has 0 aromatic heterocycles. The highest BCUT2D eigenvalue weighted by Gasteiger charge is 2.52. The van der Waals surface area contributed by atoms with Crippen molar-refractivity contribution in [3.8, 4) is 0 Å². The molecule has 0 fully saturated rings. The Hall–Kier alpha value is -6.67. The third-order valence-electron chi connectivity index (χ3n) is 11.6. The van der Waals surface area contributed by atoms with Crippen molar-refractivity contribution in [2.75, 3.05) is 0 Å². The zero-order valence-electron chi connectivity index (χ0n) is 35.1. The summed E-state index contributed by atoms with van der Waals surface area (Å²) < 4.78 is 295. The van der Waals surface area contributed by atoms with Crippen LogP contribution in [0.15, 0.2) is 120 Å². The summed E-state index contributed by atoms with van der Waals surface area (Å²) in [6.07, 6.45) is -6.20. The molecule has 8 aromatic rings. The van der Waals surface area contributed by atoms with E-state index in [1.54, 1.807) is 0 Å². The molecule has 0 radical (unpaired) electrons. The van der Waals surface area contributed by atoms with E-state index in [2.05, 4.69) is 131 Å². The van der Waals surface area contributed by atoms with Crippen LogP contribution >= 0.6 is 23.2 Å². The zero-order chi connectivity index (χ0) is 52.9. The molecule has 23 heteroatoms. The predicted octanol–water partition coefficient (Wildman–Crippen LogP) is 11.8. The molecule has 0 N–H and O–H groups in total. The summed E-state index contributed by atoms with van der Waals surface area (Å²) in [5.74, 6) is -71.4. The normalized spacial score (nSPS) is 11.7. The molecule has 0 atom stereocenters. The van der Waals surface area contributed by atoms with Gasteiger partial charge in [-0.1, -0.05) is 82.7 Å². The van der Waals surface area contributed by atoms with Gasteiger partial charge in [0.15, 0.2) is 69.8 Å². The summed E-state index contributed by atoms with van der Waals surface area (Å²) in [6, 6.07) is 41.9. The number of hydrogen-bond donors (Lipinski definition) is 0. The second-order valence-corrected chi connectivity index (χ2v) is 19.8. The Morgan fingerprint density at radius 2 is 0.458 bits per heavy atom. The molecule has 0 aliphatic heterocycles. The minimum atomic E-state index is -7.22. The monoisotopic (exact) mass is 1110 g/mol. The van der Waals surface area contributed by atoms with Crippen molar-refractivity contribution in [3.63, 3.8) is 0 Å². The van der Waals surface area contributed by atoms with E-state index in [-0.39, 0.29) is 0 Å². The Kier molecular flexibility index (Phi) is 15.1. The molecule has 8 rings (SSSR count). The van der Waals surface area contributed by atoms with E-state index in [1.165, 1.54) is 21.5 Å². The standard InChI is InChI=1S/C25H21BrP.C24BF20/c26-22-18-16-21(17-19-22)20-27(23-10-4-1-5-11-23,24-12-6-2-7-13-24)25-14-8-3-9-15-25;26-5-1(6(27)14(35)21(42)13(5)34)25(2-7(28)15(36)22(43)16(37)8(2)29,3-9(30)17(38)23(44)18(39)10(3)31)4-11(32)19(40)24(45)20(41)12(4)33/h1-19H,20H2;/q+1;-1. The van der Waals surface area contributed by atoms with Crippen molar-refractivity contribution in [2.45, 2.75) is 6.16 Å². The van der Waals surface area contributed by atoms with Crippen molar-refractivity contribution in [3.05, 3.63) is 242 Å². The fourth-order valence-corrected chi connectivity index (χ4v) is 13.0. The van der Waals surface area contributed by atoms with Crippen LogP contribution in [0.25, 0.3) is 0 Å². The quantitative estimate of drug-likeness (QED) is 0.0444. The maximum Gasteiger partial charge on any atom is 0.200 e. The summed E-state index contributed by atoms with van der Waals surface area (Å²) in [6.45, 7) is 0. The lowest BCUT2D eigenvalue weighted by Crippen LogP contribution is -2.81. The predicted molar refractivity (Wildman–Crippen MR) is 232 cm³/mol. The second-order valence-electron chi connectivity index (χ2n) is 15.4. The lowest BCUT2D eigenvalue weighted by molar-refractivity contribution is 0.378. The fraction of sp³-hybridized carbons (Fsp3) is 0.0204. The highest BCUT2D eigenvalue weighted by Crippen LogP contribution is 2.58. The molecule has 8 aromatic carbocycles. The summed E-state index contributed by atoms with van der Waals surface area (Å²) in [5.41, 5.74) is -13.0. The highest BCUT2D eigenvalue weighted by molar-refractivity contribution is 9.10. The van der Waals surface area contributed by atoms with Crippen LogP contribution in [-0.4, -0.2) is 6.15 Å². The van der Waals surface area contributed by atoms with Crippen LogP contribution in [0.2, 0.25) is 0 Å². The Balaban J connectivity index is 0.000000238. The van der Waals surface area contributed by atoms with Crippen LogP contribution in [0.3, 0.4) is 0 Å². The maximum absolute atomic E-state index is 15.4. The first-order valence-electron chi connectivity index (χ1n) is 20.0. The van der Waals surface area contributed by atoms with Crippen molar-refractivity contribution < 1.29 is 87.8 Å². The van der Waals surface area contributed by atoms with E-state index < -0.39 is 152 Å². The van der Waals surface area contributed by atoms with Gasteiger partial charge in [0.2, 0.25) is 0 Å². The van der Waals surface area contributed by atoms with Crippen LogP contribution < -0.4 is 37.8 Å². The van der Waals surface area contributed by atoms with Crippen LogP contribution in [0.5, 0.6) is 0 Å². The van der Waals surface area contributed by atoms with Gasteiger partial charge in [-0.25, -0.2) is 87.8 Å². The van der Waals surface area contributed by atoms with E-state index >= 15 is 35.1 Å². The summed E-state index contributed by atoms with van der Waals surface area (Å²) in [4.78, 5) is 0. The van der Waals surface area contributed by atoms with Gasteiger partial charge >= 0.3 is 0 Å². The Bertz CT molecular complexity index is 2900. The van der Waals surface area contributed by atoms with Gasteiger partial charge in [0.1, 0.15) is 75.9 Å². The molecule has 0 bridgehead atoms. The third-order valence-corrected chi connectivity index (χ3v) is 16.5. The number of rotatable bonds is 9. The minimum absolute atomic E-state index is 1.01. The first-order valence-corrected chi connectivity index (χ1v) is 22.8. The van der Waals surface area contributed by atoms with Crippen LogP contribution in [0.4, 0.5) is 87.8 Å². The number of halogens is 21. The van der Waals surface area contributed by atoms with Gasteiger partial charge < -0.3 is 0 Å². The van der Waals surface area contributed by atoms with Gasteiger partial charge in [0.25, 0.3) is 0 Å². The van der Waals surface area contributed by atoms with E-state index in [9.17, 15) is 52.7 Å². The largest absolute Gasteiger partial charge is 0.207 e. The average Bonchev–Trinajstić information content (AvgIpc) is 3.39. The summed E-state index contributed by atoms with van der Waals surface area (Å²) in [5, 5.41) is 4.26. The van der Waals surface area contributed by atoms with E-state index in [1.807, 2.05) is 0 Å². The molecule has 0 heterocycles. The second kappa shape index (κ2) is 20.5. The molecule has 0 aliphatic carbocycles. The molecule has 0 spiro atoms. The molecular weight excluding hydrogens is 1090 g/mol. The average molecular weight is 1110 g/mol. The summed E-state index contributed by atoms with van der Waals surface area (Å²) >= 11 is 3.57. The van der Waals surface area contributed by atoms with Gasteiger partial charge in [-0.15, -0.1) is 21.9 Å². The van der Waals surface area contributed by atoms with Crippen molar-refractivity contribution >= 4 is 67.1 Å². The Labute approximate surface area is 401 Å². The molecule has 0 aliphatic rings. The van der Waals surface area contributed by atoms with Gasteiger partial charge in [-0.05, 0) is 54.1 Å². The molecule has 0 saturated heterocycles. The Morgan fingerprint density at radius 3 is 0.667 bits per heavy atom. The van der Waals surface area contributed by atoms with Gasteiger partial charge in [-0.2, -0.15) is 0 Å². The molecule has 0 unspecified atom stereocenters. The molecule has 72 heavy (non-hydrogen) atoms. The van der Waals surface area contributed by atoms with Crippen LogP contribution in [-0.2, 0) is 6.16 Å². The molecule has 0 saturated carbocycles. The first-order chi connectivity index (χ1) is 34.0. The molecular formula is C49H21BBrF20P. The highest BCUT2D eigenvalue weighted by atomic mass is 79.9. The number of hydrogen-bond acceptors (Lipinski definition) is 0. The maximum atomic E-state index is 15.4. The zero-order valence-corrected chi connectivity index (χ0v) is 37.6. The Morgan fingerprint density at radius 1 is 0.264 bits per heavy atom. The van der Waals surface area contributed by atoms with Crippen molar-refractivity contribution in [2.24, 2.45) is 0 Å². The fourth-order valence-electron chi connectivity index (χ4n) is 8.51. The van der Waals surface area contributed by atoms with Crippen molar-refractivity contribution in [1.82, 2.24) is 0 Å². The smallest absolute Gasteiger partial charge is 0.200 e. The number of benzene rings is 8. The topological polar surface area (TPSA) is 0 Å². The molecule has 372 valence electrons. The lowest BCUT2D eigenvalue weighted by Gasteiger charge is -2.44. The van der Waals surface area contributed by atoms with E-state index in [0.29, 0.717) is 0 Å². The first kappa shape index (κ1) is 53.1. The SMILES string of the molecule is Brc1ccc(C[P+](c2ccccc2)(c2ccccc2)c2ccccc2)cc1.Fc1c(F)c(F)c([B-](c2c(F)c(F)c(F)c(F)c2F)(c2c(F)c(F)c(F)c(F)c2F)c2c(F)c(F)c(F)c(F)c2F)c(F)c1F. The molecule has 0 amide bonds. The molecule has 0 nitrogen and oxygen atoms in total. The third kappa shape index (κ3) is 8.48. The van der Waals surface area contributed by atoms with Crippen LogP contribution in [0, 0.1) is 116 Å². The van der Waals surface area contributed by atoms with E-state index in [4.69, 9.17) is 0 Å². The minimum Gasteiger partial charge on any atom is -0.207 e. The van der Waals surface area contributed by atoms with E-state index in [0.717, 1.165) is 10.6 Å². The van der Waals surface area contributed by atoms with Crippen molar-refractivity contribution in [1.29, 1.82) is 0 Å². The van der Waals surface area contributed by atoms with Gasteiger partial charge in [-0.3, -0.25) is 0 Å². The van der Waals surface area contributed by atoms with Crippen LogP contribution in [0.1, 0.15) is 5.56 Å². The van der Waals surface area contributed by atoms with Gasteiger partial charge in [0.05, 0.1) is 6.16 Å². The lowest BCUT2D eigenvalue weighted by atomic mass is 9.12.